The Morgan fingerprint density at radius 2 is 2.10 bits per heavy atom. The zero-order valence-corrected chi connectivity index (χ0v) is 12.4. The van der Waals surface area contributed by atoms with Gasteiger partial charge in [-0.3, -0.25) is 4.79 Å². The van der Waals surface area contributed by atoms with E-state index in [-0.39, 0.29) is 18.0 Å². The van der Waals surface area contributed by atoms with Gasteiger partial charge >= 0.3 is 6.03 Å². The zero-order valence-electron chi connectivity index (χ0n) is 12.4. The SMILES string of the molecule is CNC(C)CNC(=O)c1cccc(NC(=O)NC2CC2)c1. The second kappa shape index (κ2) is 7.08. The highest BCUT2D eigenvalue weighted by atomic mass is 16.2. The van der Waals surface area contributed by atoms with E-state index in [0.29, 0.717) is 23.8 Å². The maximum atomic E-state index is 12.0. The minimum atomic E-state index is -0.223. The summed E-state index contributed by atoms with van der Waals surface area (Å²) in [5.74, 6) is -0.150. The first-order valence-electron chi connectivity index (χ1n) is 7.21. The van der Waals surface area contributed by atoms with Crippen LogP contribution in [0.3, 0.4) is 0 Å². The smallest absolute Gasteiger partial charge is 0.319 e. The van der Waals surface area contributed by atoms with Crippen LogP contribution in [0.5, 0.6) is 0 Å². The molecule has 1 aliphatic rings. The molecule has 2 rings (SSSR count). The number of amides is 3. The highest BCUT2D eigenvalue weighted by Gasteiger charge is 2.23. The van der Waals surface area contributed by atoms with Gasteiger partial charge in [-0.25, -0.2) is 4.79 Å². The van der Waals surface area contributed by atoms with Crippen molar-refractivity contribution in [2.24, 2.45) is 0 Å². The lowest BCUT2D eigenvalue weighted by Crippen LogP contribution is -2.37. The molecule has 0 heterocycles. The van der Waals surface area contributed by atoms with Crippen LogP contribution in [0, 0.1) is 0 Å². The van der Waals surface area contributed by atoms with Crippen molar-refractivity contribution in [3.63, 3.8) is 0 Å². The van der Waals surface area contributed by atoms with Crippen LogP contribution in [0.2, 0.25) is 0 Å². The van der Waals surface area contributed by atoms with Gasteiger partial charge in [-0.2, -0.15) is 0 Å². The van der Waals surface area contributed by atoms with Gasteiger partial charge in [0.15, 0.2) is 0 Å². The van der Waals surface area contributed by atoms with E-state index in [4.69, 9.17) is 0 Å². The largest absolute Gasteiger partial charge is 0.350 e. The Morgan fingerprint density at radius 1 is 1.33 bits per heavy atom. The lowest BCUT2D eigenvalue weighted by Gasteiger charge is -2.12. The van der Waals surface area contributed by atoms with Crippen LogP contribution in [0.15, 0.2) is 24.3 Å². The molecule has 4 N–H and O–H groups in total. The average Bonchev–Trinajstić information content (AvgIpc) is 3.28. The summed E-state index contributed by atoms with van der Waals surface area (Å²) in [6, 6.07) is 7.20. The van der Waals surface area contributed by atoms with Gasteiger partial charge in [-0.1, -0.05) is 6.07 Å². The van der Waals surface area contributed by atoms with Crippen LogP contribution in [-0.2, 0) is 0 Å². The molecule has 1 atom stereocenters. The van der Waals surface area contributed by atoms with Crippen molar-refractivity contribution in [2.75, 3.05) is 18.9 Å². The molecule has 6 nitrogen and oxygen atoms in total. The summed E-state index contributed by atoms with van der Waals surface area (Å²) in [7, 11) is 1.85. The molecule has 1 saturated carbocycles. The fourth-order valence-electron chi connectivity index (χ4n) is 1.77. The number of hydrogen-bond acceptors (Lipinski definition) is 3. The summed E-state index contributed by atoms with van der Waals surface area (Å²) in [5.41, 5.74) is 1.14. The molecule has 6 heteroatoms. The number of hydrogen-bond donors (Lipinski definition) is 4. The Hall–Kier alpha value is -2.08. The van der Waals surface area contributed by atoms with Gasteiger partial charge in [0.1, 0.15) is 0 Å². The van der Waals surface area contributed by atoms with Crippen LogP contribution in [0.4, 0.5) is 10.5 Å². The van der Waals surface area contributed by atoms with Crippen LogP contribution < -0.4 is 21.3 Å². The van der Waals surface area contributed by atoms with Gasteiger partial charge in [0.2, 0.25) is 0 Å². The molecule has 0 aliphatic heterocycles. The summed E-state index contributed by atoms with van der Waals surface area (Å²) < 4.78 is 0. The number of nitrogens with one attached hydrogen (secondary N) is 4. The number of anilines is 1. The lowest BCUT2D eigenvalue weighted by atomic mass is 10.2. The van der Waals surface area contributed by atoms with Crippen molar-refractivity contribution in [1.82, 2.24) is 16.0 Å². The van der Waals surface area contributed by atoms with Gasteiger partial charge < -0.3 is 21.3 Å². The number of carbonyl (C=O) groups excluding carboxylic acids is 2. The molecule has 0 spiro atoms. The Morgan fingerprint density at radius 3 is 2.76 bits per heavy atom. The molecule has 0 saturated heterocycles. The molecule has 1 fully saturated rings. The molecule has 1 aliphatic carbocycles. The normalized spacial score (nSPS) is 15.1. The molecule has 0 bridgehead atoms. The van der Waals surface area contributed by atoms with E-state index in [2.05, 4.69) is 21.3 Å². The van der Waals surface area contributed by atoms with Crippen molar-refractivity contribution in [3.8, 4) is 0 Å². The summed E-state index contributed by atoms with van der Waals surface area (Å²) in [6.07, 6.45) is 2.08. The third-order valence-corrected chi connectivity index (χ3v) is 3.36. The first kappa shape index (κ1) is 15.3. The van der Waals surface area contributed by atoms with Crippen molar-refractivity contribution >= 4 is 17.6 Å². The maximum Gasteiger partial charge on any atom is 0.319 e. The molecule has 114 valence electrons. The average molecular weight is 290 g/mol. The van der Waals surface area contributed by atoms with Crippen LogP contribution >= 0.6 is 0 Å². The van der Waals surface area contributed by atoms with Gasteiger partial charge in [0.25, 0.3) is 5.91 Å². The second-order valence-corrected chi connectivity index (χ2v) is 5.35. The molecular formula is C15H22N4O2. The minimum Gasteiger partial charge on any atom is -0.350 e. The number of likely N-dealkylation sites (N-methyl/N-ethyl adjacent to an activating group) is 1. The van der Waals surface area contributed by atoms with Crippen molar-refractivity contribution < 1.29 is 9.59 Å². The Labute approximate surface area is 124 Å². The van der Waals surface area contributed by atoms with Gasteiger partial charge in [0, 0.05) is 29.9 Å². The summed E-state index contributed by atoms with van der Waals surface area (Å²) in [6.45, 7) is 2.54. The van der Waals surface area contributed by atoms with Crippen molar-refractivity contribution in [2.45, 2.75) is 31.8 Å². The Kier molecular flexibility index (Phi) is 5.16. The predicted molar refractivity (Wildman–Crippen MR) is 82.5 cm³/mol. The summed E-state index contributed by atoms with van der Waals surface area (Å²) >= 11 is 0. The summed E-state index contributed by atoms with van der Waals surface area (Å²) in [5, 5.41) is 11.5. The number of rotatable bonds is 6. The highest BCUT2D eigenvalue weighted by molar-refractivity contribution is 5.96. The third-order valence-electron chi connectivity index (χ3n) is 3.36. The topological polar surface area (TPSA) is 82.3 Å². The molecule has 0 aromatic heterocycles. The highest BCUT2D eigenvalue weighted by Crippen LogP contribution is 2.19. The maximum absolute atomic E-state index is 12.0. The Bertz CT molecular complexity index is 514. The molecule has 0 radical (unpaired) electrons. The van der Waals surface area contributed by atoms with E-state index in [0.717, 1.165) is 12.8 Å². The molecule has 21 heavy (non-hydrogen) atoms. The van der Waals surface area contributed by atoms with Crippen LogP contribution in [-0.4, -0.2) is 37.6 Å². The zero-order chi connectivity index (χ0) is 15.2. The number of benzene rings is 1. The molecule has 1 aromatic rings. The first-order valence-corrected chi connectivity index (χ1v) is 7.21. The second-order valence-electron chi connectivity index (χ2n) is 5.35. The molecular weight excluding hydrogens is 268 g/mol. The molecule has 1 unspecified atom stereocenters. The van der Waals surface area contributed by atoms with Gasteiger partial charge in [0.05, 0.1) is 0 Å². The molecule has 3 amide bonds. The first-order chi connectivity index (χ1) is 10.1. The fourth-order valence-corrected chi connectivity index (χ4v) is 1.77. The predicted octanol–water partition coefficient (Wildman–Crippen LogP) is 1.31. The number of urea groups is 1. The van der Waals surface area contributed by atoms with Crippen molar-refractivity contribution in [3.05, 3.63) is 29.8 Å². The van der Waals surface area contributed by atoms with Gasteiger partial charge in [-0.05, 0) is 45.0 Å². The lowest BCUT2D eigenvalue weighted by molar-refractivity contribution is 0.0950. The fraction of sp³-hybridized carbons (Fsp3) is 0.467. The number of carbonyl (C=O) groups is 2. The third kappa shape index (κ3) is 5.07. The summed E-state index contributed by atoms with van der Waals surface area (Å²) in [4.78, 5) is 23.7. The minimum absolute atomic E-state index is 0.150. The van der Waals surface area contributed by atoms with Crippen molar-refractivity contribution in [1.29, 1.82) is 0 Å². The van der Waals surface area contributed by atoms with E-state index in [1.54, 1.807) is 24.3 Å². The molecule has 1 aromatic carbocycles. The van der Waals surface area contributed by atoms with E-state index in [1.165, 1.54) is 0 Å². The van der Waals surface area contributed by atoms with Gasteiger partial charge in [-0.15, -0.1) is 0 Å². The Balaban J connectivity index is 1.89. The van der Waals surface area contributed by atoms with E-state index in [9.17, 15) is 9.59 Å². The van der Waals surface area contributed by atoms with Crippen LogP contribution in [0.25, 0.3) is 0 Å². The van der Waals surface area contributed by atoms with E-state index < -0.39 is 0 Å². The standard InChI is InChI=1S/C15H22N4O2/c1-10(16-2)9-17-14(20)11-4-3-5-13(8-11)19-15(21)18-12-6-7-12/h3-5,8,10,12,16H,6-7,9H2,1-2H3,(H,17,20)(H2,18,19,21). The van der Waals surface area contributed by atoms with E-state index >= 15 is 0 Å². The monoisotopic (exact) mass is 290 g/mol. The van der Waals surface area contributed by atoms with E-state index in [1.807, 2.05) is 14.0 Å². The quantitative estimate of drug-likeness (QED) is 0.637. The van der Waals surface area contributed by atoms with Crippen LogP contribution in [0.1, 0.15) is 30.1 Å².